The van der Waals surface area contributed by atoms with Gasteiger partial charge in [0.15, 0.2) is 0 Å². The minimum Gasteiger partial charge on any atom is -0.366 e. The van der Waals surface area contributed by atoms with E-state index < -0.39 is 5.91 Å². The predicted octanol–water partition coefficient (Wildman–Crippen LogP) is 1.76. The topological polar surface area (TPSA) is 84.7 Å². The van der Waals surface area contributed by atoms with Gasteiger partial charge >= 0.3 is 0 Å². The molecule has 0 fully saturated rings. The molecule has 3 N–H and O–H groups in total. The van der Waals surface area contributed by atoms with E-state index in [1.807, 2.05) is 0 Å². The number of H-pyrrole nitrogens is 1. The maximum Gasteiger partial charge on any atom is 0.241 e. The van der Waals surface area contributed by atoms with Crippen LogP contribution >= 0.6 is 23.2 Å². The minimum absolute atomic E-state index is 0.0600. The number of carbonyl (C=O) groups excluding carboxylic acids is 1. The van der Waals surface area contributed by atoms with Crippen LogP contribution in [0.1, 0.15) is 5.56 Å². The highest BCUT2D eigenvalue weighted by Gasteiger charge is 2.09. The Bertz CT molecular complexity index is 590. The van der Waals surface area contributed by atoms with Crippen molar-refractivity contribution in [3.63, 3.8) is 0 Å². The first-order chi connectivity index (χ1) is 7.58. The molecule has 16 heavy (non-hydrogen) atoms. The highest BCUT2D eigenvalue weighted by Crippen LogP contribution is 2.25. The van der Waals surface area contributed by atoms with Crippen LogP contribution in [-0.2, 0) is 4.79 Å². The lowest BCUT2D eigenvalue weighted by Crippen LogP contribution is -2.04. The molecule has 0 aliphatic heterocycles. The largest absolute Gasteiger partial charge is 0.366 e. The van der Waals surface area contributed by atoms with Crippen molar-refractivity contribution in [2.75, 3.05) is 0 Å². The van der Waals surface area contributed by atoms with Crippen LogP contribution in [0.3, 0.4) is 0 Å². The number of rotatable bonds is 2. The Morgan fingerprint density at radius 1 is 1.44 bits per heavy atom. The third kappa shape index (κ3) is 2.00. The summed E-state index contributed by atoms with van der Waals surface area (Å²) in [5, 5.41) is 0.883. The third-order valence-corrected chi connectivity index (χ3v) is 2.36. The summed E-state index contributed by atoms with van der Waals surface area (Å²) in [6.07, 6.45) is 4.40. The van der Waals surface area contributed by atoms with Gasteiger partial charge in [-0.1, -0.05) is 11.6 Å². The molecule has 0 radical (unpaired) electrons. The number of amides is 1. The Hall–Kier alpha value is -1.59. The molecule has 82 valence electrons. The number of aromatic nitrogens is 3. The number of aromatic amines is 1. The van der Waals surface area contributed by atoms with Crippen molar-refractivity contribution in [1.82, 2.24) is 15.0 Å². The van der Waals surface area contributed by atoms with Crippen LogP contribution in [0, 0.1) is 0 Å². The summed E-state index contributed by atoms with van der Waals surface area (Å²) in [5.41, 5.74) is 6.18. The van der Waals surface area contributed by atoms with E-state index in [4.69, 9.17) is 28.9 Å². The second-order valence-electron chi connectivity index (χ2n) is 2.99. The van der Waals surface area contributed by atoms with Gasteiger partial charge in [-0.15, -0.1) is 0 Å². The fourth-order valence-corrected chi connectivity index (χ4v) is 1.78. The molecule has 0 aliphatic carbocycles. The fraction of sp³-hybridized carbons (Fsp3) is 0. The Kier molecular flexibility index (Phi) is 2.80. The van der Waals surface area contributed by atoms with Gasteiger partial charge in [-0.2, -0.15) is 4.98 Å². The summed E-state index contributed by atoms with van der Waals surface area (Å²) in [4.78, 5) is 21.2. The van der Waals surface area contributed by atoms with Crippen LogP contribution in [0.2, 0.25) is 10.4 Å². The summed E-state index contributed by atoms with van der Waals surface area (Å²) >= 11 is 11.6. The summed E-state index contributed by atoms with van der Waals surface area (Å²) in [5.74, 6) is -0.541. The normalized spacial score (nSPS) is 11.4. The van der Waals surface area contributed by atoms with Gasteiger partial charge in [-0.05, 0) is 17.7 Å². The number of fused-ring (bicyclic) bond motifs is 1. The lowest BCUT2D eigenvalue weighted by atomic mass is 10.2. The average molecular weight is 257 g/mol. The molecule has 0 aliphatic rings. The molecule has 0 spiro atoms. The van der Waals surface area contributed by atoms with Gasteiger partial charge in [0.05, 0.1) is 5.39 Å². The molecule has 5 nitrogen and oxygen atoms in total. The van der Waals surface area contributed by atoms with Gasteiger partial charge < -0.3 is 10.7 Å². The quantitative estimate of drug-likeness (QED) is 0.488. The fourth-order valence-electron chi connectivity index (χ4n) is 1.29. The van der Waals surface area contributed by atoms with Crippen LogP contribution in [0.15, 0.2) is 12.3 Å². The van der Waals surface area contributed by atoms with Gasteiger partial charge in [0, 0.05) is 17.8 Å². The molecule has 0 saturated carbocycles. The first kappa shape index (κ1) is 10.9. The molecule has 2 rings (SSSR count). The second-order valence-corrected chi connectivity index (χ2v) is 3.68. The highest BCUT2D eigenvalue weighted by molar-refractivity contribution is 6.36. The van der Waals surface area contributed by atoms with Gasteiger partial charge in [0.25, 0.3) is 0 Å². The van der Waals surface area contributed by atoms with Crippen LogP contribution in [-0.4, -0.2) is 20.9 Å². The Balaban J connectivity index is 2.60. The number of carbonyl (C=O) groups is 1. The van der Waals surface area contributed by atoms with Crippen molar-refractivity contribution in [1.29, 1.82) is 0 Å². The summed E-state index contributed by atoms with van der Waals surface area (Å²) in [7, 11) is 0. The highest BCUT2D eigenvalue weighted by atomic mass is 35.5. The monoisotopic (exact) mass is 256 g/mol. The van der Waals surface area contributed by atoms with Gasteiger partial charge in [0.1, 0.15) is 10.8 Å². The Morgan fingerprint density at radius 2 is 2.19 bits per heavy atom. The molecule has 0 unspecified atom stereocenters. The molecule has 0 atom stereocenters. The SMILES string of the molecule is NC(=O)C=Cc1c[nH]c2nc(Cl)nc(Cl)c12. The van der Waals surface area contributed by atoms with E-state index in [1.165, 1.54) is 12.2 Å². The Morgan fingerprint density at radius 3 is 2.88 bits per heavy atom. The molecule has 0 saturated heterocycles. The van der Waals surface area contributed by atoms with Crippen molar-refractivity contribution in [2.45, 2.75) is 0 Å². The van der Waals surface area contributed by atoms with E-state index in [2.05, 4.69) is 15.0 Å². The van der Waals surface area contributed by atoms with E-state index >= 15 is 0 Å². The molecule has 7 heteroatoms. The minimum atomic E-state index is -0.541. The van der Waals surface area contributed by atoms with Crippen molar-refractivity contribution >= 4 is 46.2 Å². The molecule has 2 aromatic rings. The van der Waals surface area contributed by atoms with Crippen LogP contribution in [0.5, 0.6) is 0 Å². The number of hydrogen-bond acceptors (Lipinski definition) is 3. The third-order valence-electron chi connectivity index (χ3n) is 1.92. The Labute approximate surface area is 100 Å². The van der Waals surface area contributed by atoms with E-state index in [0.717, 1.165) is 0 Å². The van der Waals surface area contributed by atoms with E-state index in [1.54, 1.807) is 6.20 Å². The van der Waals surface area contributed by atoms with Crippen LogP contribution < -0.4 is 5.73 Å². The van der Waals surface area contributed by atoms with E-state index in [0.29, 0.717) is 16.6 Å². The van der Waals surface area contributed by atoms with Crippen molar-refractivity contribution in [3.8, 4) is 0 Å². The zero-order valence-corrected chi connectivity index (χ0v) is 9.38. The molecule has 1 amide bonds. The number of nitrogens with two attached hydrogens (primary N) is 1. The molecule has 2 aromatic heterocycles. The van der Waals surface area contributed by atoms with Crippen molar-refractivity contribution in [2.24, 2.45) is 5.73 Å². The molecule has 0 bridgehead atoms. The number of hydrogen-bond donors (Lipinski definition) is 2. The summed E-state index contributed by atoms with van der Waals surface area (Å²) in [6, 6.07) is 0. The van der Waals surface area contributed by atoms with Gasteiger partial charge in [-0.3, -0.25) is 4.79 Å². The van der Waals surface area contributed by atoms with Gasteiger partial charge in [0.2, 0.25) is 11.2 Å². The zero-order valence-electron chi connectivity index (χ0n) is 7.87. The molecule has 0 aromatic carbocycles. The second kappa shape index (κ2) is 4.11. The average Bonchev–Trinajstić information content (AvgIpc) is 2.57. The van der Waals surface area contributed by atoms with Crippen molar-refractivity contribution < 1.29 is 4.79 Å². The lowest BCUT2D eigenvalue weighted by Gasteiger charge is -1.95. The van der Waals surface area contributed by atoms with Crippen LogP contribution in [0.25, 0.3) is 17.1 Å². The smallest absolute Gasteiger partial charge is 0.241 e. The van der Waals surface area contributed by atoms with E-state index in [9.17, 15) is 4.79 Å². The summed E-state index contributed by atoms with van der Waals surface area (Å²) < 4.78 is 0. The predicted molar refractivity (Wildman–Crippen MR) is 62.1 cm³/mol. The standard InChI is InChI=1S/C9H6Cl2N4O/c10-7-6-4(1-2-5(12)16)3-13-8(6)15-9(11)14-7/h1-3H,(H2,12,16)(H,13,14,15). The lowest BCUT2D eigenvalue weighted by molar-refractivity contribution is -0.113. The number of halogens is 2. The van der Waals surface area contributed by atoms with E-state index in [-0.39, 0.29) is 10.4 Å². The van der Waals surface area contributed by atoms with Crippen molar-refractivity contribution in [3.05, 3.63) is 28.3 Å². The number of nitrogens with zero attached hydrogens (tertiary/aromatic N) is 2. The molecule has 2 heterocycles. The summed E-state index contributed by atoms with van der Waals surface area (Å²) in [6.45, 7) is 0. The number of primary amides is 1. The van der Waals surface area contributed by atoms with Gasteiger partial charge in [-0.25, -0.2) is 4.98 Å². The van der Waals surface area contributed by atoms with Crippen LogP contribution in [0.4, 0.5) is 0 Å². The first-order valence-electron chi connectivity index (χ1n) is 4.25. The molecular weight excluding hydrogens is 251 g/mol. The number of nitrogens with one attached hydrogen (secondary N) is 1. The zero-order chi connectivity index (χ0) is 11.7. The maximum absolute atomic E-state index is 10.6. The molecular formula is C9H6Cl2N4O. The first-order valence-corrected chi connectivity index (χ1v) is 5.01. The maximum atomic E-state index is 10.6.